The van der Waals surface area contributed by atoms with E-state index >= 15 is 0 Å². The van der Waals surface area contributed by atoms with E-state index in [4.69, 9.17) is 9.47 Å². The number of sulfonamides is 1. The Balaban J connectivity index is 1.35. The number of ether oxygens (including phenoxy) is 2. The van der Waals surface area contributed by atoms with Crippen molar-refractivity contribution in [1.82, 2.24) is 0 Å². The predicted octanol–water partition coefficient (Wildman–Crippen LogP) is 4.21. The minimum atomic E-state index is -3.69. The van der Waals surface area contributed by atoms with E-state index in [0.717, 1.165) is 24.0 Å². The molecule has 7 nitrogen and oxygen atoms in total. The van der Waals surface area contributed by atoms with Crippen molar-refractivity contribution in [3.63, 3.8) is 0 Å². The van der Waals surface area contributed by atoms with Crippen molar-refractivity contribution in [2.75, 3.05) is 23.0 Å². The molecule has 0 saturated carbocycles. The Labute approximate surface area is 192 Å². The average molecular weight is 463 g/mol. The molecule has 2 aliphatic heterocycles. The minimum Gasteiger partial charge on any atom is -0.454 e. The fraction of sp³-hybridized carbons (Fsp3) is 0.160. The van der Waals surface area contributed by atoms with Gasteiger partial charge < -0.3 is 14.8 Å². The molecule has 0 aromatic heterocycles. The normalized spacial score (nSPS) is 14.8. The number of hydrogen-bond acceptors (Lipinski definition) is 5. The second kappa shape index (κ2) is 8.63. The molecule has 8 heteroatoms. The van der Waals surface area contributed by atoms with Crippen LogP contribution >= 0.6 is 0 Å². The van der Waals surface area contributed by atoms with Gasteiger partial charge in [-0.25, -0.2) is 8.42 Å². The monoisotopic (exact) mass is 462 g/mol. The highest BCUT2D eigenvalue weighted by Crippen LogP contribution is 2.35. The molecule has 0 radical (unpaired) electrons. The van der Waals surface area contributed by atoms with Gasteiger partial charge in [0.05, 0.1) is 10.6 Å². The molecule has 33 heavy (non-hydrogen) atoms. The van der Waals surface area contributed by atoms with E-state index in [0.29, 0.717) is 29.4 Å². The van der Waals surface area contributed by atoms with Crippen molar-refractivity contribution in [2.24, 2.45) is 0 Å². The lowest BCUT2D eigenvalue weighted by Gasteiger charge is -2.31. The number of nitrogens with one attached hydrogen (secondary N) is 1. The first kappa shape index (κ1) is 21.1. The summed E-state index contributed by atoms with van der Waals surface area (Å²) in [5.74, 6) is 1.01. The van der Waals surface area contributed by atoms with Crippen LogP contribution in [0.4, 0.5) is 11.4 Å². The van der Waals surface area contributed by atoms with Crippen LogP contribution in [0.15, 0.2) is 77.7 Å². The largest absolute Gasteiger partial charge is 0.454 e. The van der Waals surface area contributed by atoms with E-state index in [1.165, 1.54) is 10.4 Å². The highest BCUT2D eigenvalue weighted by Gasteiger charge is 2.29. The number of anilines is 2. The summed E-state index contributed by atoms with van der Waals surface area (Å²) >= 11 is 0. The number of amides is 1. The molecule has 0 aliphatic carbocycles. The molecular weight excluding hydrogens is 440 g/mol. The van der Waals surface area contributed by atoms with Crippen molar-refractivity contribution in [3.05, 3.63) is 83.9 Å². The van der Waals surface area contributed by atoms with Gasteiger partial charge in [0.25, 0.3) is 10.0 Å². The summed E-state index contributed by atoms with van der Waals surface area (Å²) in [7, 11) is -3.69. The highest BCUT2D eigenvalue weighted by atomic mass is 32.2. The van der Waals surface area contributed by atoms with Crippen molar-refractivity contribution in [3.8, 4) is 11.5 Å². The Morgan fingerprint density at radius 2 is 1.79 bits per heavy atom. The lowest BCUT2D eigenvalue weighted by Crippen LogP contribution is -2.35. The fourth-order valence-corrected chi connectivity index (χ4v) is 5.51. The number of hydrogen-bond donors (Lipinski definition) is 1. The first-order chi connectivity index (χ1) is 16.0. The fourth-order valence-electron chi connectivity index (χ4n) is 3.96. The van der Waals surface area contributed by atoms with Crippen molar-refractivity contribution >= 4 is 33.4 Å². The van der Waals surface area contributed by atoms with Gasteiger partial charge in [0.15, 0.2) is 11.5 Å². The van der Waals surface area contributed by atoms with E-state index in [1.54, 1.807) is 60.7 Å². The standard InChI is InChI=1S/C25H22N2O5S/c28-25(13-9-18-8-12-23-24(15-18)32-17-31-23)26-20-11-10-19-5-4-14-27(22(19)16-20)33(29,30)21-6-2-1-3-7-21/h1-3,6-13,15-16H,4-5,14,17H2,(H,26,28)/b13-9+. The van der Waals surface area contributed by atoms with Crippen molar-refractivity contribution in [1.29, 1.82) is 0 Å². The second-order valence-electron chi connectivity index (χ2n) is 7.77. The van der Waals surface area contributed by atoms with Crippen LogP contribution < -0.4 is 19.1 Å². The van der Waals surface area contributed by atoms with Crippen LogP contribution in [0.2, 0.25) is 0 Å². The van der Waals surface area contributed by atoms with Crippen LogP contribution in [0.3, 0.4) is 0 Å². The molecule has 0 bridgehead atoms. The zero-order valence-corrected chi connectivity index (χ0v) is 18.5. The Kier molecular flexibility index (Phi) is 5.51. The zero-order chi connectivity index (χ0) is 22.8. The van der Waals surface area contributed by atoms with E-state index < -0.39 is 10.0 Å². The second-order valence-corrected chi connectivity index (χ2v) is 9.63. The van der Waals surface area contributed by atoms with Crippen molar-refractivity contribution in [2.45, 2.75) is 17.7 Å². The van der Waals surface area contributed by atoms with Gasteiger partial charge in [-0.3, -0.25) is 9.10 Å². The third-order valence-electron chi connectivity index (χ3n) is 5.58. The Bertz CT molecular complexity index is 1340. The molecule has 0 fully saturated rings. The quantitative estimate of drug-likeness (QED) is 0.574. The molecule has 0 spiro atoms. The number of rotatable bonds is 5. The molecule has 1 N–H and O–H groups in total. The van der Waals surface area contributed by atoms with E-state index in [-0.39, 0.29) is 17.6 Å². The van der Waals surface area contributed by atoms with Crippen LogP contribution in [-0.2, 0) is 21.2 Å². The molecule has 3 aromatic rings. The topological polar surface area (TPSA) is 84.9 Å². The van der Waals surface area contributed by atoms with E-state index in [2.05, 4.69) is 5.32 Å². The summed E-state index contributed by atoms with van der Waals surface area (Å²) in [4.78, 5) is 12.8. The number of aryl methyl sites for hydroxylation is 1. The Morgan fingerprint density at radius 1 is 0.970 bits per heavy atom. The molecule has 0 saturated heterocycles. The molecule has 2 heterocycles. The average Bonchev–Trinajstić information content (AvgIpc) is 3.31. The summed E-state index contributed by atoms with van der Waals surface area (Å²) < 4.78 is 38.5. The third kappa shape index (κ3) is 4.29. The maximum absolute atomic E-state index is 13.2. The lowest BCUT2D eigenvalue weighted by atomic mass is 10.0. The van der Waals surface area contributed by atoms with Crippen LogP contribution in [0.1, 0.15) is 17.5 Å². The first-order valence-electron chi connectivity index (χ1n) is 10.6. The van der Waals surface area contributed by atoms with Crippen LogP contribution in [0.25, 0.3) is 6.08 Å². The zero-order valence-electron chi connectivity index (χ0n) is 17.7. The lowest BCUT2D eigenvalue weighted by molar-refractivity contribution is -0.111. The highest BCUT2D eigenvalue weighted by molar-refractivity contribution is 7.92. The van der Waals surface area contributed by atoms with Gasteiger partial charge in [0.2, 0.25) is 12.7 Å². The van der Waals surface area contributed by atoms with Crippen LogP contribution in [-0.4, -0.2) is 27.7 Å². The Hall–Kier alpha value is -3.78. The molecule has 1 amide bonds. The summed E-state index contributed by atoms with van der Waals surface area (Å²) in [5.41, 5.74) is 2.88. The van der Waals surface area contributed by atoms with Crippen LogP contribution in [0, 0.1) is 0 Å². The predicted molar refractivity (Wildman–Crippen MR) is 126 cm³/mol. The SMILES string of the molecule is O=C(/C=C/c1ccc2c(c1)OCO2)Nc1ccc2c(c1)N(S(=O)(=O)c1ccccc1)CCC2. The number of carbonyl (C=O) groups excluding carboxylic acids is 1. The number of nitrogens with zero attached hydrogens (tertiary/aromatic N) is 1. The number of fused-ring (bicyclic) bond motifs is 2. The molecule has 5 rings (SSSR count). The summed E-state index contributed by atoms with van der Waals surface area (Å²) in [6.07, 6.45) is 4.63. The van der Waals surface area contributed by atoms with Gasteiger partial charge in [-0.1, -0.05) is 30.3 Å². The van der Waals surface area contributed by atoms with E-state index in [9.17, 15) is 13.2 Å². The minimum absolute atomic E-state index is 0.193. The maximum atomic E-state index is 13.2. The van der Waals surface area contributed by atoms with Gasteiger partial charge in [0.1, 0.15) is 0 Å². The first-order valence-corrected chi connectivity index (χ1v) is 12.0. The molecule has 168 valence electrons. The molecule has 2 aliphatic rings. The Morgan fingerprint density at radius 3 is 2.64 bits per heavy atom. The van der Waals surface area contributed by atoms with Crippen LogP contribution in [0.5, 0.6) is 11.5 Å². The summed E-state index contributed by atoms with van der Waals surface area (Å²) in [6.45, 7) is 0.587. The van der Waals surface area contributed by atoms with Gasteiger partial charge in [0, 0.05) is 18.3 Å². The maximum Gasteiger partial charge on any atom is 0.264 e. The molecule has 0 atom stereocenters. The van der Waals surface area contributed by atoms with E-state index in [1.807, 2.05) is 12.1 Å². The summed E-state index contributed by atoms with van der Waals surface area (Å²) in [5, 5.41) is 2.82. The van der Waals surface area contributed by atoms with Gasteiger partial charge in [-0.05, 0) is 66.4 Å². The molecule has 3 aromatic carbocycles. The molecule has 0 unspecified atom stereocenters. The third-order valence-corrected chi connectivity index (χ3v) is 7.41. The van der Waals surface area contributed by atoms with Crippen molar-refractivity contribution < 1.29 is 22.7 Å². The smallest absolute Gasteiger partial charge is 0.264 e. The number of carbonyl (C=O) groups is 1. The summed E-state index contributed by atoms with van der Waals surface area (Å²) in [6, 6.07) is 19.2. The molecular formula is C25H22N2O5S. The van der Waals surface area contributed by atoms with Gasteiger partial charge in [-0.2, -0.15) is 0 Å². The van der Waals surface area contributed by atoms with Gasteiger partial charge in [-0.15, -0.1) is 0 Å². The van der Waals surface area contributed by atoms with Gasteiger partial charge >= 0.3 is 0 Å². The number of benzene rings is 3.